The van der Waals surface area contributed by atoms with E-state index in [4.69, 9.17) is 5.84 Å². The van der Waals surface area contributed by atoms with Gasteiger partial charge in [-0.1, -0.05) is 23.1 Å². The van der Waals surface area contributed by atoms with Crippen LogP contribution >= 0.6 is 23.1 Å². The standard InChI is InChI=1S/C7H13N5OS2/c1-4(5(13)9-8)14-7-11-10-6(15-7)12(2)3/h4H,8H2,1-3H3,(H,9,13). The van der Waals surface area contributed by atoms with Gasteiger partial charge in [-0.15, -0.1) is 10.2 Å². The Bertz CT molecular complexity index is 340. The van der Waals surface area contributed by atoms with E-state index in [1.54, 1.807) is 6.92 Å². The first-order chi connectivity index (χ1) is 7.04. The van der Waals surface area contributed by atoms with Crippen LogP contribution in [-0.4, -0.2) is 35.4 Å². The lowest BCUT2D eigenvalue weighted by atomic mass is 10.5. The van der Waals surface area contributed by atoms with Gasteiger partial charge in [0.1, 0.15) is 0 Å². The van der Waals surface area contributed by atoms with E-state index in [9.17, 15) is 4.79 Å². The predicted molar refractivity (Wildman–Crippen MR) is 61.9 cm³/mol. The highest BCUT2D eigenvalue weighted by molar-refractivity contribution is 8.02. The van der Waals surface area contributed by atoms with E-state index in [0.717, 1.165) is 9.47 Å². The molecule has 0 saturated heterocycles. The number of carbonyl (C=O) groups excluding carboxylic acids is 1. The summed E-state index contributed by atoms with van der Waals surface area (Å²) in [7, 11) is 3.79. The minimum absolute atomic E-state index is 0.221. The fourth-order valence-electron chi connectivity index (χ4n) is 0.753. The lowest BCUT2D eigenvalue weighted by Gasteiger charge is -2.06. The van der Waals surface area contributed by atoms with Crippen molar-refractivity contribution in [2.24, 2.45) is 5.84 Å². The molecule has 0 aromatic carbocycles. The number of nitrogens with zero attached hydrogens (tertiary/aromatic N) is 3. The second-order valence-corrected chi connectivity index (χ2v) is 5.56. The molecule has 3 N–H and O–H groups in total. The van der Waals surface area contributed by atoms with Crippen LogP contribution in [0.15, 0.2) is 4.34 Å². The quantitative estimate of drug-likeness (QED) is 0.339. The number of rotatable bonds is 4. The molecule has 0 spiro atoms. The second kappa shape index (κ2) is 5.29. The minimum Gasteiger partial charge on any atom is -0.353 e. The zero-order valence-electron chi connectivity index (χ0n) is 8.72. The van der Waals surface area contributed by atoms with Crippen molar-refractivity contribution in [3.05, 3.63) is 0 Å². The van der Waals surface area contributed by atoms with Crippen LogP contribution in [0.2, 0.25) is 0 Å². The Kier molecular flexibility index (Phi) is 4.30. The lowest BCUT2D eigenvalue weighted by molar-refractivity contribution is -0.120. The largest absolute Gasteiger partial charge is 0.353 e. The van der Waals surface area contributed by atoms with Gasteiger partial charge >= 0.3 is 0 Å². The Morgan fingerprint density at radius 3 is 2.73 bits per heavy atom. The number of carbonyl (C=O) groups is 1. The molecule has 1 aromatic rings. The molecular formula is C7H13N5OS2. The first-order valence-electron chi connectivity index (χ1n) is 4.22. The molecule has 0 aliphatic heterocycles. The topological polar surface area (TPSA) is 84.1 Å². The Morgan fingerprint density at radius 2 is 2.27 bits per heavy atom. The number of hydrogen-bond acceptors (Lipinski definition) is 7. The number of aromatic nitrogens is 2. The van der Waals surface area contributed by atoms with Crippen molar-refractivity contribution in [3.8, 4) is 0 Å². The van der Waals surface area contributed by atoms with Gasteiger partial charge < -0.3 is 4.90 Å². The summed E-state index contributed by atoms with van der Waals surface area (Å²) >= 11 is 2.78. The number of nitrogens with two attached hydrogens (primary N) is 1. The number of thioether (sulfide) groups is 1. The first-order valence-corrected chi connectivity index (χ1v) is 5.92. The second-order valence-electron chi connectivity index (χ2n) is 3.01. The SMILES string of the molecule is CC(Sc1nnc(N(C)C)s1)C(=O)NN. The molecule has 15 heavy (non-hydrogen) atoms. The summed E-state index contributed by atoms with van der Waals surface area (Å²) < 4.78 is 0.759. The van der Waals surface area contributed by atoms with Crippen molar-refractivity contribution < 1.29 is 4.79 Å². The van der Waals surface area contributed by atoms with Gasteiger partial charge in [-0.3, -0.25) is 10.2 Å². The number of anilines is 1. The van der Waals surface area contributed by atoms with E-state index in [2.05, 4.69) is 15.6 Å². The number of hydrazine groups is 1. The summed E-state index contributed by atoms with van der Waals surface area (Å²) in [5.41, 5.74) is 2.10. The van der Waals surface area contributed by atoms with E-state index < -0.39 is 0 Å². The summed E-state index contributed by atoms with van der Waals surface area (Å²) in [6, 6.07) is 0. The molecule has 0 saturated carbocycles. The molecule has 1 heterocycles. The normalized spacial score (nSPS) is 12.3. The van der Waals surface area contributed by atoms with Crippen molar-refractivity contribution in [2.75, 3.05) is 19.0 Å². The van der Waals surface area contributed by atoms with Crippen LogP contribution in [0.3, 0.4) is 0 Å². The van der Waals surface area contributed by atoms with E-state index in [0.29, 0.717) is 0 Å². The number of nitrogens with one attached hydrogen (secondary N) is 1. The minimum atomic E-state index is -0.266. The van der Waals surface area contributed by atoms with E-state index >= 15 is 0 Å². The molecule has 1 aromatic heterocycles. The maximum atomic E-state index is 11.1. The van der Waals surface area contributed by atoms with E-state index in [-0.39, 0.29) is 11.2 Å². The molecule has 8 heteroatoms. The molecule has 84 valence electrons. The van der Waals surface area contributed by atoms with Gasteiger partial charge in [0.2, 0.25) is 11.0 Å². The molecule has 6 nitrogen and oxygen atoms in total. The maximum absolute atomic E-state index is 11.1. The highest BCUT2D eigenvalue weighted by Crippen LogP contribution is 2.29. The molecule has 0 aliphatic rings. The van der Waals surface area contributed by atoms with Crippen LogP contribution in [-0.2, 0) is 4.79 Å². The van der Waals surface area contributed by atoms with Crippen LogP contribution in [0.5, 0.6) is 0 Å². The van der Waals surface area contributed by atoms with Crippen LogP contribution in [0.25, 0.3) is 0 Å². The predicted octanol–water partition coefficient (Wildman–Crippen LogP) is 0.0746. The average Bonchev–Trinajstić information content (AvgIpc) is 2.65. The summed E-state index contributed by atoms with van der Waals surface area (Å²) in [6.07, 6.45) is 0. The summed E-state index contributed by atoms with van der Waals surface area (Å²) in [5.74, 6) is 4.81. The van der Waals surface area contributed by atoms with Gasteiger partial charge in [0.05, 0.1) is 5.25 Å². The van der Waals surface area contributed by atoms with Crippen LogP contribution < -0.4 is 16.2 Å². The summed E-state index contributed by atoms with van der Waals surface area (Å²) in [5, 5.41) is 8.48. The third-order valence-electron chi connectivity index (χ3n) is 1.57. The Balaban J connectivity index is 2.61. The monoisotopic (exact) mass is 247 g/mol. The van der Waals surface area contributed by atoms with Crippen molar-refractivity contribution in [1.82, 2.24) is 15.6 Å². The number of hydrogen-bond donors (Lipinski definition) is 2. The Labute approximate surface area is 96.2 Å². The van der Waals surface area contributed by atoms with Gasteiger partial charge in [0, 0.05) is 14.1 Å². The van der Waals surface area contributed by atoms with Crippen LogP contribution in [0.1, 0.15) is 6.92 Å². The Morgan fingerprint density at radius 1 is 1.60 bits per heavy atom. The smallest absolute Gasteiger partial charge is 0.247 e. The van der Waals surface area contributed by atoms with Crippen molar-refractivity contribution in [3.63, 3.8) is 0 Å². The van der Waals surface area contributed by atoms with E-state index in [1.807, 2.05) is 19.0 Å². The molecule has 0 fully saturated rings. The van der Waals surface area contributed by atoms with Gasteiger partial charge in [-0.2, -0.15) is 0 Å². The van der Waals surface area contributed by atoms with Gasteiger partial charge in [-0.05, 0) is 6.92 Å². The van der Waals surface area contributed by atoms with Crippen LogP contribution in [0, 0.1) is 0 Å². The van der Waals surface area contributed by atoms with Crippen LogP contribution in [0.4, 0.5) is 5.13 Å². The third kappa shape index (κ3) is 3.33. The lowest BCUT2D eigenvalue weighted by Crippen LogP contribution is -2.36. The van der Waals surface area contributed by atoms with Gasteiger partial charge in [0.25, 0.3) is 0 Å². The molecule has 1 rings (SSSR count). The fourth-order valence-corrected chi connectivity index (χ4v) is 2.67. The maximum Gasteiger partial charge on any atom is 0.247 e. The molecule has 1 unspecified atom stereocenters. The third-order valence-corrected chi connectivity index (χ3v) is 3.84. The van der Waals surface area contributed by atoms with Gasteiger partial charge in [0.15, 0.2) is 4.34 Å². The number of amides is 1. The summed E-state index contributed by atoms with van der Waals surface area (Å²) in [4.78, 5) is 13.0. The average molecular weight is 247 g/mol. The fraction of sp³-hybridized carbons (Fsp3) is 0.571. The highest BCUT2D eigenvalue weighted by Gasteiger charge is 2.16. The molecule has 0 radical (unpaired) electrons. The zero-order chi connectivity index (χ0) is 11.4. The molecule has 1 amide bonds. The Hall–Kier alpha value is -0.860. The molecular weight excluding hydrogens is 234 g/mol. The molecule has 0 aliphatic carbocycles. The molecule has 1 atom stereocenters. The summed E-state index contributed by atoms with van der Waals surface area (Å²) in [6.45, 7) is 1.77. The van der Waals surface area contributed by atoms with Gasteiger partial charge in [-0.25, -0.2) is 5.84 Å². The highest BCUT2D eigenvalue weighted by atomic mass is 32.2. The van der Waals surface area contributed by atoms with E-state index in [1.165, 1.54) is 23.1 Å². The zero-order valence-corrected chi connectivity index (χ0v) is 10.4. The van der Waals surface area contributed by atoms with Crippen molar-refractivity contribution in [1.29, 1.82) is 0 Å². The van der Waals surface area contributed by atoms with Crippen molar-refractivity contribution >= 4 is 34.1 Å². The molecule has 0 bridgehead atoms. The van der Waals surface area contributed by atoms with Crippen molar-refractivity contribution in [2.45, 2.75) is 16.5 Å². The first kappa shape index (κ1) is 12.2.